The molecule has 2 aromatic rings. The van der Waals surface area contributed by atoms with Gasteiger partial charge in [0, 0.05) is 36.0 Å². The molecule has 2 heterocycles. The van der Waals surface area contributed by atoms with Crippen LogP contribution in [0.2, 0.25) is 0 Å². The Hall–Kier alpha value is -1.28. The minimum Gasteiger partial charge on any atom is -0.368 e. The Bertz CT molecular complexity index is 809. The number of nitrogens with one attached hydrogen (secondary N) is 1. The van der Waals surface area contributed by atoms with Crippen LogP contribution in [0.5, 0.6) is 0 Å². The van der Waals surface area contributed by atoms with Crippen LogP contribution in [0.25, 0.3) is 0 Å². The fraction of sp³-hybridized carbons (Fsp3) is 0.333. The fourth-order valence-corrected chi connectivity index (χ4v) is 4.21. The first kappa shape index (κ1) is 22.0. The average molecular weight is 438 g/mol. The molecule has 0 spiro atoms. The Kier molecular flexibility index (Phi) is 6.84. The van der Waals surface area contributed by atoms with Crippen LogP contribution < -0.4 is 10.2 Å². The third kappa shape index (κ3) is 4.42. The first-order valence-electron chi connectivity index (χ1n) is 8.14. The van der Waals surface area contributed by atoms with Crippen molar-refractivity contribution in [3.05, 3.63) is 42.0 Å². The standard InChI is InChI=1S/C18H18F3N3S.2ClH/c1-23-6-8-24(9-7-23)15-11-17-14(10-12(15)18(19,20)21)22-13-4-2-3-5-16(13)25-17;;/h2-5,10-11,22H,6-9H2,1H3;2*1H. The zero-order valence-electron chi connectivity index (χ0n) is 14.5. The number of halogens is 5. The summed E-state index contributed by atoms with van der Waals surface area (Å²) in [4.78, 5) is 5.85. The summed E-state index contributed by atoms with van der Waals surface area (Å²) in [6, 6.07) is 10.6. The van der Waals surface area contributed by atoms with Gasteiger partial charge >= 0.3 is 6.18 Å². The van der Waals surface area contributed by atoms with Crippen molar-refractivity contribution in [1.82, 2.24) is 4.90 Å². The normalized spacial score (nSPS) is 16.4. The smallest absolute Gasteiger partial charge is 0.368 e. The van der Waals surface area contributed by atoms with E-state index in [1.165, 1.54) is 17.8 Å². The summed E-state index contributed by atoms with van der Waals surface area (Å²) in [5, 5.41) is 3.14. The number of anilines is 3. The zero-order valence-corrected chi connectivity index (χ0v) is 17.0. The molecule has 0 radical (unpaired) electrons. The molecule has 0 unspecified atom stereocenters. The molecule has 0 bridgehead atoms. The van der Waals surface area contributed by atoms with E-state index in [9.17, 15) is 13.2 Å². The lowest BCUT2D eigenvalue weighted by atomic mass is 10.1. The van der Waals surface area contributed by atoms with Gasteiger partial charge in [-0.25, -0.2) is 0 Å². The lowest BCUT2D eigenvalue weighted by Gasteiger charge is -2.36. The van der Waals surface area contributed by atoms with Crippen LogP contribution >= 0.6 is 36.6 Å². The highest BCUT2D eigenvalue weighted by Gasteiger charge is 2.37. The average Bonchev–Trinajstić information content (AvgIpc) is 2.58. The van der Waals surface area contributed by atoms with Gasteiger partial charge in [0.1, 0.15) is 0 Å². The Morgan fingerprint density at radius 2 is 1.59 bits per heavy atom. The van der Waals surface area contributed by atoms with Gasteiger partial charge in [0.25, 0.3) is 0 Å². The summed E-state index contributed by atoms with van der Waals surface area (Å²) in [5.41, 5.74) is 1.09. The number of rotatable bonds is 1. The number of benzene rings is 2. The molecule has 0 amide bonds. The van der Waals surface area contributed by atoms with Gasteiger partial charge in [-0.15, -0.1) is 24.8 Å². The molecule has 2 aliphatic rings. The van der Waals surface area contributed by atoms with Gasteiger partial charge in [-0.1, -0.05) is 23.9 Å². The van der Waals surface area contributed by atoms with Gasteiger partial charge in [-0.05, 0) is 31.3 Å². The number of fused-ring (bicyclic) bond motifs is 2. The summed E-state index contributed by atoms with van der Waals surface area (Å²) in [5.74, 6) is 0. The van der Waals surface area contributed by atoms with E-state index in [0.717, 1.165) is 28.6 Å². The van der Waals surface area contributed by atoms with Crippen LogP contribution in [0, 0.1) is 0 Å². The molecule has 0 saturated carbocycles. The Morgan fingerprint density at radius 1 is 0.926 bits per heavy atom. The highest BCUT2D eigenvalue weighted by molar-refractivity contribution is 7.99. The fourth-order valence-electron chi connectivity index (χ4n) is 3.21. The van der Waals surface area contributed by atoms with Gasteiger partial charge in [-0.2, -0.15) is 13.2 Å². The summed E-state index contributed by atoms with van der Waals surface area (Å²) in [7, 11) is 1.99. The molecule has 0 aromatic heterocycles. The molecular weight excluding hydrogens is 418 g/mol. The van der Waals surface area contributed by atoms with E-state index in [0.29, 0.717) is 18.8 Å². The van der Waals surface area contributed by atoms with E-state index < -0.39 is 11.7 Å². The molecule has 1 fully saturated rings. The number of nitrogens with zero attached hydrogens (tertiary/aromatic N) is 2. The first-order valence-corrected chi connectivity index (χ1v) is 8.96. The van der Waals surface area contributed by atoms with Gasteiger partial charge in [0.15, 0.2) is 0 Å². The van der Waals surface area contributed by atoms with Crippen LogP contribution in [0.3, 0.4) is 0 Å². The van der Waals surface area contributed by atoms with Crippen LogP contribution in [-0.2, 0) is 6.18 Å². The predicted molar refractivity (Wildman–Crippen MR) is 109 cm³/mol. The van der Waals surface area contributed by atoms with E-state index in [-0.39, 0.29) is 30.5 Å². The number of hydrogen-bond donors (Lipinski definition) is 1. The van der Waals surface area contributed by atoms with Crippen molar-refractivity contribution in [2.24, 2.45) is 0 Å². The van der Waals surface area contributed by atoms with Gasteiger partial charge in [0.05, 0.1) is 22.6 Å². The maximum absolute atomic E-state index is 13.7. The largest absolute Gasteiger partial charge is 0.418 e. The number of para-hydroxylation sites is 1. The molecule has 27 heavy (non-hydrogen) atoms. The van der Waals surface area contributed by atoms with E-state index >= 15 is 0 Å². The lowest BCUT2D eigenvalue weighted by molar-refractivity contribution is -0.137. The number of piperazine rings is 1. The van der Waals surface area contributed by atoms with Crippen molar-refractivity contribution in [1.29, 1.82) is 0 Å². The highest BCUT2D eigenvalue weighted by Crippen LogP contribution is 2.49. The Labute approximate surface area is 173 Å². The number of alkyl halides is 3. The van der Waals surface area contributed by atoms with Gasteiger partial charge in [0.2, 0.25) is 0 Å². The molecule has 2 aromatic carbocycles. The topological polar surface area (TPSA) is 18.5 Å². The lowest BCUT2D eigenvalue weighted by Crippen LogP contribution is -2.45. The molecule has 9 heteroatoms. The van der Waals surface area contributed by atoms with Crippen LogP contribution in [-0.4, -0.2) is 38.1 Å². The maximum Gasteiger partial charge on any atom is 0.418 e. The molecule has 1 saturated heterocycles. The molecule has 1 N–H and O–H groups in total. The monoisotopic (exact) mass is 437 g/mol. The second-order valence-corrected chi connectivity index (χ2v) is 7.46. The Balaban J connectivity index is 0.00000131. The molecule has 0 aliphatic carbocycles. The van der Waals surface area contributed by atoms with E-state index in [1.54, 1.807) is 6.07 Å². The molecule has 3 nitrogen and oxygen atoms in total. The van der Waals surface area contributed by atoms with Crippen molar-refractivity contribution in [2.75, 3.05) is 43.4 Å². The third-order valence-electron chi connectivity index (χ3n) is 4.62. The quantitative estimate of drug-likeness (QED) is 0.540. The van der Waals surface area contributed by atoms with Crippen LogP contribution in [0.1, 0.15) is 5.56 Å². The molecular formula is C18H20Cl2F3N3S. The molecule has 2 aliphatic heterocycles. The van der Waals surface area contributed by atoms with Crippen LogP contribution in [0.4, 0.5) is 30.2 Å². The zero-order chi connectivity index (χ0) is 17.6. The number of likely N-dealkylation sites (N-methyl/N-ethyl adjacent to an activating group) is 1. The van der Waals surface area contributed by atoms with Crippen molar-refractivity contribution in [3.8, 4) is 0 Å². The van der Waals surface area contributed by atoms with Crippen molar-refractivity contribution in [2.45, 2.75) is 16.0 Å². The summed E-state index contributed by atoms with van der Waals surface area (Å²) in [6.07, 6.45) is -4.38. The molecule has 148 valence electrons. The molecule has 4 rings (SSSR count). The van der Waals surface area contributed by atoms with Gasteiger partial charge in [-0.3, -0.25) is 0 Å². The summed E-state index contributed by atoms with van der Waals surface area (Å²) >= 11 is 1.51. The van der Waals surface area contributed by atoms with Crippen molar-refractivity contribution < 1.29 is 13.2 Å². The van der Waals surface area contributed by atoms with E-state index in [4.69, 9.17) is 0 Å². The van der Waals surface area contributed by atoms with Gasteiger partial charge < -0.3 is 15.1 Å². The second-order valence-electron chi connectivity index (χ2n) is 6.38. The predicted octanol–water partition coefficient (Wildman–Crippen LogP) is 5.51. The SMILES string of the molecule is CN1CCN(c2cc3c(cc2C(F)(F)F)Nc2ccccc2S3)CC1.Cl.Cl. The highest BCUT2D eigenvalue weighted by atomic mass is 35.5. The first-order chi connectivity index (χ1) is 11.9. The molecule has 0 atom stereocenters. The minimum absolute atomic E-state index is 0. The second kappa shape index (κ2) is 8.39. The van der Waals surface area contributed by atoms with Crippen LogP contribution in [0.15, 0.2) is 46.2 Å². The van der Waals surface area contributed by atoms with Crippen molar-refractivity contribution in [3.63, 3.8) is 0 Å². The minimum atomic E-state index is -4.38. The van der Waals surface area contributed by atoms with E-state index in [1.807, 2.05) is 36.2 Å². The maximum atomic E-state index is 13.7. The third-order valence-corrected chi connectivity index (χ3v) is 5.76. The van der Waals surface area contributed by atoms with Crippen molar-refractivity contribution >= 4 is 53.6 Å². The summed E-state index contributed by atoms with van der Waals surface area (Å²) in [6.45, 7) is 2.74. The summed E-state index contributed by atoms with van der Waals surface area (Å²) < 4.78 is 41.0. The number of hydrogen-bond acceptors (Lipinski definition) is 4. The Morgan fingerprint density at radius 3 is 2.26 bits per heavy atom. The van der Waals surface area contributed by atoms with E-state index in [2.05, 4.69) is 10.2 Å².